The normalized spacial score (nSPS) is 11.2. The van der Waals surface area contributed by atoms with E-state index in [2.05, 4.69) is 20.9 Å². The molecule has 0 spiro atoms. The summed E-state index contributed by atoms with van der Waals surface area (Å²) in [5.74, 6) is 0.104. The van der Waals surface area contributed by atoms with Crippen molar-refractivity contribution in [1.29, 1.82) is 0 Å². The van der Waals surface area contributed by atoms with E-state index in [-0.39, 0.29) is 5.75 Å². The molecular weight excluding hydrogens is 349 g/mol. The quantitative estimate of drug-likeness (QED) is 0.704. The average Bonchev–Trinajstić information content (AvgIpc) is 2.35. The van der Waals surface area contributed by atoms with Crippen LogP contribution in [0.1, 0.15) is 11.1 Å². The highest BCUT2D eigenvalue weighted by Gasteiger charge is 2.06. The van der Waals surface area contributed by atoms with Gasteiger partial charge < -0.3 is 5.11 Å². The van der Waals surface area contributed by atoms with E-state index < -0.39 is 0 Å². The molecule has 2 aromatic carbocycles. The SMILES string of the molecule is Cc1ccc(Cl)cc1N=Cc1cc(Cl)cc(Br)c1O. The van der Waals surface area contributed by atoms with Crippen LogP contribution in [0.4, 0.5) is 5.69 Å². The van der Waals surface area contributed by atoms with E-state index in [1.165, 1.54) is 0 Å². The molecule has 0 fully saturated rings. The van der Waals surface area contributed by atoms with Gasteiger partial charge in [-0.2, -0.15) is 0 Å². The molecule has 0 amide bonds. The zero-order valence-corrected chi connectivity index (χ0v) is 13.1. The van der Waals surface area contributed by atoms with Crippen molar-refractivity contribution in [2.24, 2.45) is 4.99 Å². The lowest BCUT2D eigenvalue weighted by Gasteiger charge is -2.04. The smallest absolute Gasteiger partial charge is 0.138 e. The van der Waals surface area contributed by atoms with E-state index in [4.69, 9.17) is 23.2 Å². The van der Waals surface area contributed by atoms with Gasteiger partial charge in [0.1, 0.15) is 5.75 Å². The summed E-state index contributed by atoms with van der Waals surface area (Å²) in [5, 5.41) is 11.0. The van der Waals surface area contributed by atoms with Gasteiger partial charge in [-0.1, -0.05) is 29.3 Å². The minimum atomic E-state index is 0.104. The molecular formula is C14H10BrCl2NO. The largest absolute Gasteiger partial charge is 0.506 e. The van der Waals surface area contributed by atoms with Crippen LogP contribution in [0.2, 0.25) is 10.0 Å². The van der Waals surface area contributed by atoms with Crippen LogP contribution in [0.15, 0.2) is 39.8 Å². The molecule has 2 nitrogen and oxygen atoms in total. The van der Waals surface area contributed by atoms with Crippen molar-refractivity contribution in [1.82, 2.24) is 0 Å². The van der Waals surface area contributed by atoms with E-state index in [9.17, 15) is 5.11 Å². The van der Waals surface area contributed by atoms with Gasteiger partial charge in [0.15, 0.2) is 0 Å². The van der Waals surface area contributed by atoms with Crippen LogP contribution >= 0.6 is 39.1 Å². The van der Waals surface area contributed by atoms with Gasteiger partial charge in [-0.15, -0.1) is 0 Å². The second kappa shape index (κ2) is 5.95. The van der Waals surface area contributed by atoms with Crippen LogP contribution in [-0.4, -0.2) is 11.3 Å². The van der Waals surface area contributed by atoms with Gasteiger partial charge in [-0.25, -0.2) is 0 Å². The summed E-state index contributed by atoms with van der Waals surface area (Å²) in [6.45, 7) is 1.94. The molecule has 2 rings (SSSR count). The molecule has 98 valence electrons. The Kier molecular flexibility index (Phi) is 4.50. The number of halogens is 3. The fourth-order valence-electron chi connectivity index (χ4n) is 1.55. The fourth-order valence-corrected chi connectivity index (χ4v) is 2.55. The zero-order chi connectivity index (χ0) is 14.0. The van der Waals surface area contributed by atoms with E-state index in [1.807, 2.05) is 19.1 Å². The van der Waals surface area contributed by atoms with Crippen LogP contribution in [-0.2, 0) is 0 Å². The van der Waals surface area contributed by atoms with E-state index in [0.717, 1.165) is 11.3 Å². The molecule has 0 radical (unpaired) electrons. The Hall–Kier alpha value is -1.03. The first-order chi connectivity index (χ1) is 8.97. The first-order valence-electron chi connectivity index (χ1n) is 5.45. The Labute approximate surface area is 129 Å². The minimum Gasteiger partial charge on any atom is -0.506 e. The van der Waals surface area contributed by atoms with E-state index in [0.29, 0.717) is 20.1 Å². The monoisotopic (exact) mass is 357 g/mol. The lowest BCUT2D eigenvalue weighted by Crippen LogP contribution is -1.85. The Morgan fingerprint density at radius 3 is 2.63 bits per heavy atom. The van der Waals surface area contributed by atoms with Crippen LogP contribution in [0.25, 0.3) is 0 Å². The molecule has 5 heteroatoms. The lowest BCUT2D eigenvalue weighted by atomic mass is 10.2. The number of aryl methyl sites for hydroxylation is 1. The Morgan fingerprint density at radius 2 is 1.89 bits per heavy atom. The second-order valence-corrected chi connectivity index (χ2v) is 5.74. The van der Waals surface area contributed by atoms with Gasteiger partial charge in [0, 0.05) is 21.8 Å². The summed E-state index contributed by atoms with van der Waals surface area (Å²) in [6, 6.07) is 8.74. The second-order valence-electron chi connectivity index (χ2n) is 4.01. The molecule has 0 bridgehead atoms. The number of phenolic OH excluding ortho intramolecular Hbond substituents is 1. The molecule has 1 N–H and O–H groups in total. The predicted octanol–water partition coefficient (Wildman–Crippen LogP) is 5.52. The summed E-state index contributed by atoms with van der Waals surface area (Å²) in [6.07, 6.45) is 1.56. The number of phenols is 1. The van der Waals surface area contributed by atoms with Crippen molar-refractivity contribution >= 4 is 51.0 Å². The topological polar surface area (TPSA) is 32.6 Å². The standard InChI is InChI=1S/C14H10BrCl2NO/c1-8-2-3-10(16)6-13(8)18-7-9-4-11(17)5-12(15)14(9)19/h2-7,19H,1H3. The molecule has 0 saturated heterocycles. The van der Waals surface area contributed by atoms with Crippen molar-refractivity contribution in [3.05, 3.63) is 56.0 Å². The Morgan fingerprint density at radius 1 is 1.16 bits per heavy atom. The maximum absolute atomic E-state index is 9.90. The Balaban J connectivity index is 2.40. The maximum Gasteiger partial charge on any atom is 0.138 e. The van der Waals surface area contributed by atoms with E-state index >= 15 is 0 Å². The molecule has 19 heavy (non-hydrogen) atoms. The van der Waals surface area contributed by atoms with Crippen LogP contribution in [0.5, 0.6) is 5.75 Å². The Bertz CT molecular complexity index is 656. The number of hydrogen-bond donors (Lipinski definition) is 1. The molecule has 0 aliphatic heterocycles. The molecule has 0 atom stereocenters. The number of benzene rings is 2. The van der Waals surface area contributed by atoms with Gasteiger partial charge in [0.05, 0.1) is 10.2 Å². The number of aliphatic imine (C=N–C) groups is 1. The van der Waals surface area contributed by atoms with Crippen molar-refractivity contribution in [3.8, 4) is 5.75 Å². The third kappa shape index (κ3) is 3.50. The molecule has 0 aromatic heterocycles. The maximum atomic E-state index is 9.90. The third-order valence-electron chi connectivity index (χ3n) is 2.57. The van der Waals surface area contributed by atoms with Gasteiger partial charge in [-0.05, 0) is 52.7 Å². The number of aromatic hydroxyl groups is 1. The number of rotatable bonds is 2. The zero-order valence-electron chi connectivity index (χ0n) is 9.99. The van der Waals surface area contributed by atoms with Crippen LogP contribution in [0.3, 0.4) is 0 Å². The van der Waals surface area contributed by atoms with E-state index in [1.54, 1.807) is 24.4 Å². The molecule has 0 heterocycles. The fraction of sp³-hybridized carbons (Fsp3) is 0.0714. The van der Waals surface area contributed by atoms with Gasteiger partial charge >= 0.3 is 0 Å². The summed E-state index contributed by atoms with van der Waals surface area (Å²) < 4.78 is 0.532. The highest BCUT2D eigenvalue weighted by atomic mass is 79.9. The number of hydrogen-bond acceptors (Lipinski definition) is 2. The van der Waals surface area contributed by atoms with Crippen LogP contribution < -0.4 is 0 Å². The van der Waals surface area contributed by atoms with Gasteiger partial charge in [0.2, 0.25) is 0 Å². The highest BCUT2D eigenvalue weighted by molar-refractivity contribution is 9.10. The van der Waals surface area contributed by atoms with Crippen molar-refractivity contribution in [2.45, 2.75) is 6.92 Å². The third-order valence-corrected chi connectivity index (χ3v) is 3.63. The molecule has 0 unspecified atom stereocenters. The predicted molar refractivity (Wildman–Crippen MR) is 84.3 cm³/mol. The minimum absolute atomic E-state index is 0.104. The summed E-state index contributed by atoms with van der Waals surface area (Å²) in [4.78, 5) is 4.33. The molecule has 0 aliphatic rings. The summed E-state index contributed by atoms with van der Waals surface area (Å²) in [7, 11) is 0. The molecule has 0 aliphatic carbocycles. The highest BCUT2D eigenvalue weighted by Crippen LogP contribution is 2.31. The summed E-state index contributed by atoms with van der Waals surface area (Å²) >= 11 is 15.1. The summed E-state index contributed by atoms with van der Waals surface area (Å²) in [5.41, 5.74) is 2.29. The van der Waals surface area contributed by atoms with Gasteiger partial charge in [0.25, 0.3) is 0 Å². The lowest BCUT2D eigenvalue weighted by molar-refractivity contribution is 0.471. The first kappa shape index (κ1) is 14.4. The van der Waals surface area contributed by atoms with Crippen molar-refractivity contribution in [2.75, 3.05) is 0 Å². The molecule has 2 aromatic rings. The van der Waals surface area contributed by atoms with Crippen molar-refractivity contribution < 1.29 is 5.11 Å². The number of nitrogens with zero attached hydrogens (tertiary/aromatic N) is 1. The first-order valence-corrected chi connectivity index (χ1v) is 7.00. The average molecular weight is 359 g/mol. The molecule has 0 saturated carbocycles. The van der Waals surface area contributed by atoms with Gasteiger partial charge in [-0.3, -0.25) is 4.99 Å². The van der Waals surface area contributed by atoms with Crippen molar-refractivity contribution in [3.63, 3.8) is 0 Å². The van der Waals surface area contributed by atoms with Crippen LogP contribution in [0, 0.1) is 6.92 Å².